The van der Waals surface area contributed by atoms with Crippen LogP contribution in [0.2, 0.25) is 0 Å². The molecule has 3 aromatic rings. The van der Waals surface area contributed by atoms with E-state index in [1.165, 1.54) is 18.1 Å². The number of carbonyl (C=O) groups is 1. The molecule has 8 nitrogen and oxygen atoms in total. The summed E-state index contributed by atoms with van der Waals surface area (Å²) in [6.07, 6.45) is 0. The molecular formula is C25H26N2O6S. The lowest BCUT2D eigenvalue weighted by Crippen LogP contribution is -2.27. The maximum Gasteiger partial charge on any atom is 0.262 e. The second-order valence-corrected chi connectivity index (χ2v) is 9.60. The number of fused-ring (bicyclic) bond motifs is 1. The van der Waals surface area contributed by atoms with Crippen molar-refractivity contribution in [1.29, 1.82) is 0 Å². The van der Waals surface area contributed by atoms with Gasteiger partial charge in [-0.25, -0.2) is 8.42 Å². The third-order valence-electron chi connectivity index (χ3n) is 5.44. The van der Waals surface area contributed by atoms with Crippen molar-refractivity contribution in [1.82, 2.24) is 4.90 Å². The number of nitrogens with one attached hydrogen (secondary N) is 1. The zero-order valence-electron chi connectivity index (χ0n) is 19.2. The molecule has 0 spiro atoms. The highest BCUT2D eigenvalue weighted by atomic mass is 32.2. The lowest BCUT2D eigenvalue weighted by Gasteiger charge is -2.21. The van der Waals surface area contributed by atoms with E-state index in [9.17, 15) is 13.2 Å². The molecule has 0 saturated carbocycles. The van der Waals surface area contributed by atoms with E-state index in [1.54, 1.807) is 50.4 Å². The Kier molecular flexibility index (Phi) is 6.65. The zero-order valence-corrected chi connectivity index (χ0v) is 20.0. The molecule has 0 aliphatic carbocycles. The van der Waals surface area contributed by atoms with Gasteiger partial charge in [-0.2, -0.15) is 0 Å². The van der Waals surface area contributed by atoms with Crippen molar-refractivity contribution in [2.75, 3.05) is 32.1 Å². The van der Waals surface area contributed by atoms with Gasteiger partial charge in [0.05, 0.1) is 12.0 Å². The molecule has 1 aliphatic rings. The van der Waals surface area contributed by atoms with Gasteiger partial charge in [0, 0.05) is 24.8 Å². The largest absolute Gasteiger partial charge is 0.497 e. The van der Waals surface area contributed by atoms with E-state index >= 15 is 0 Å². The van der Waals surface area contributed by atoms with E-state index in [0.29, 0.717) is 48.3 Å². The van der Waals surface area contributed by atoms with Gasteiger partial charge in [0.25, 0.3) is 15.9 Å². The lowest BCUT2D eigenvalue weighted by atomic mass is 10.1. The highest BCUT2D eigenvalue weighted by molar-refractivity contribution is 7.92. The second-order valence-electron chi connectivity index (χ2n) is 7.95. The zero-order chi connectivity index (χ0) is 24.3. The molecule has 0 aromatic heterocycles. The first kappa shape index (κ1) is 23.4. The number of nitrogens with zero attached hydrogens (tertiary/aromatic N) is 1. The van der Waals surface area contributed by atoms with Crippen LogP contribution in [0.3, 0.4) is 0 Å². The van der Waals surface area contributed by atoms with E-state index in [0.717, 1.165) is 5.56 Å². The topological polar surface area (TPSA) is 94.2 Å². The number of anilines is 1. The molecule has 4 rings (SSSR count). The van der Waals surface area contributed by atoms with Crippen LogP contribution in [0.15, 0.2) is 65.6 Å². The molecule has 1 amide bonds. The van der Waals surface area contributed by atoms with Gasteiger partial charge >= 0.3 is 0 Å². The third-order valence-corrected chi connectivity index (χ3v) is 6.96. The average molecular weight is 483 g/mol. The maximum absolute atomic E-state index is 13.1. The summed E-state index contributed by atoms with van der Waals surface area (Å²) in [5.74, 6) is 1.66. The van der Waals surface area contributed by atoms with Crippen molar-refractivity contribution >= 4 is 21.6 Å². The number of hydrogen-bond acceptors (Lipinski definition) is 6. The van der Waals surface area contributed by atoms with E-state index in [4.69, 9.17) is 14.2 Å². The van der Waals surface area contributed by atoms with Gasteiger partial charge in [-0.05, 0) is 66.6 Å². The molecule has 1 aliphatic heterocycles. The Balaban J connectivity index is 1.52. The summed E-state index contributed by atoms with van der Waals surface area (Å²) in [5.41, 5.74) is 2.08. The van der Waals surface area contributed by atoms with Crippen LogP contribution in [-0.2, 0) is 16.6 Å². The lowest BCUT2D eigenvalue weighted by molar-refractivity contribution is 0.0784. The van der Waals surface area contributed by atoms with Crippen LogP contribution in [0.5, 0.6) is 17.2 Å². The number of methoxy groups -OCH3 is 1. The Morgan fingerprint density at radius 1 is 1.00 bits per heavy atom. The van der Waals surface area contributed by atoms with Crippen molar-refractivity contribution in [2.45, 2.75) is 18.4 Å². The first-order valence-corrected chi connectivity index (χ1v) is 12.2. The monoisotopic (exact) mass is 482 g/mol. The van der Waals surface area contributed by atoms with Crippen molar-refractivity contribution in [3.8, 4) is 17.2 Å². The van der Waals surface area contributed by atoms with Gasteiger partial charge in [0.15, 0.2) is 11.5 Å². The van der Waals surface area contributed by atoms with Crippen LogP contribution in [0.4, 0.5) is 5.69 Å². The van der Waals surface area contributed by atoms with E-state index in [1.807, 2.05) is 18.2 Å². The number of carbonyl (C=O) groups excluding carboxylic acids is 1. The van der Waals surface area contributed by atoms with Crippen LogP contribution in [0.1, 0.15) is 21.5 Å². The fourth-order valence-corrected chi connectivity index (χ4v) is 4.97. The van der Waals surface area contributed by atoms with Gasteiger partial charge < -0.3 is 19.1 Å². The Bertz CT molecular complexity index is 1310. The molecule has 0 radical (unpaired) electrons. The fraction of sp³-hybridized carbons (Fsp3) is 0.240. The Morgan fingerprint density at radius 2 is 1.71 bits per heavy atom. The molecule has 0 unspecified atom stereocenters. The van der Waals surface area contributed by atoms with Crippen molar-refractivity contribution in [3.05, 3.63) is 77.4 Å². The summed E-state index contributed by atoms with van der Waals surface area (Å²) < 4.78 is 44.9. The number of aryl methyl sites for hydroxylation is 1. The van der Waals surface area contributed by atoms with Crippen molar-refractivity contribution in [2.24, 2.45) is 0 Å². The summed E-state index contributed by atoms with van der Waals surface area (Å²) in [6.45, 7) is 3.01. The molecule has 1 N–H and O–H groups in total. The van der Waals surface area contributed by atoms with Crippen molar-refractivity contribution < 1.29 is 27.4 Å². The standard InChI is InChI=1S/C25H26N2O6S/c1-17-4-6-19(15-24(17)34(29,30)26-20-7-9-21(31-3)10-8-20)25(28)27(2)16-18-5-11-22-23(14-18)33-13-12-32-22/h4-11,14-15,26H,12-13,16H2,1-3H3. The summed E-state index contributed by atoms with van der Waals surface area (Å²) in [6, 6.07) is 16.8. The van der Waals surface area contributed by atoms with E-state index < -0.39 is 10.0 Å². The van der Waals surface area contributed by atoms with E-state index in [-0.39, 0.29) is 16.4 Å². The summed E-state index contributed by atoms with van der Waals surface area (Å²) >= 11 is 0. The minimum atomic E-state index is -3.91. The molecule has 3 aromatic carbocycles. The highest BCUT2D eigenvalue weighted by Gasteiger charge is 2.21. The second kappa shape index (κ2) is 9.64. The SMILES string of the molecule is COc1ccc(NS(=O)(=O)c2cc(C(=O)N(C)Cc3ccc4c(c3)OCCO4)ccc2C)cc1. The summed E-state index contributed by atoms with van der Waals surface area (Å²) in [7, 11) is -0.699. The predicted octanol–water partition coefficient (Wildman–Crippen LogP) is 3.85. The Labute approximate surface area is 199 Å². The van der Waals surface area contributed by atoms with Gasteiger partial charge in [0.1, 0.15) is 19.0 Å². The van der Waals surface area contributed by atoms with Crippen LogP contribution >= 0.6 is 0 Å². The van der Waals surface area contributed by atoms with Gasteiger partial charge in [-0.15, -0.1) is 0 Å². The van der Waals surface area contributed by atoms with Gasteiger partial charge in [0.2, 0.25) is 0 Å². The average Bonchev–Trinajstić information content (AvgIpc) is 2.84. The molecule has 0 bridgehead atoms. The number of rotatable bonds is 7. The number of ether oxygens (including phenoxy) is 3. The summed E-state index contributed by atoms with van der Waals surface area (Å²) in [5, 5.41) is 0. The normalized spacial score (nSPS) is 12.7. The fourth-order valence-electron chi connectivity index (χ4n) is 3.64. The summed E-state index contributed by atoms with van der Waals surface area (Å²) in [4.78, 5) is 14.7. The number of sulfonamides is 1. The van der Waals surface area contributed by atoms with Gasteiger partial charge in [-0.3, -0.25) is 9.52 Å². The minimum absolute atomic E-state index is 0.0434. The quantitative estimate of drug-likeness (QED) is 0.550. The van der Waals surface area contributed by atoms with Crippen molar-refractivity contribution in [3.63, 3.8) is 0 Å². The van der Waals surface area contributed by atoms with Crippen LogP contribution < -0.4 is 18.9 Å². The molecule has 1 heterocycles. The predicted molar refractivity (Wildman–Crippen MR) is 128 cm³/mol. The van der Waals surface area contributed by atoms with Crippen LogP contribution in [0.25, 0.3) is 0 Å². The highest BCUT2D eigenvalue weighted by Crippen LogP contribution is 2.31. The molecule has 0 atom stereocenters. The van der Waals surface area contributed by atoms with Crippen LogP contribution in [-0.4, -0.2) is 46.6 Å². The first-order valence-electron chi connectivity index (χ1n) is 10.7. The maximum atomic E-state index is 13.1. The first-order chi connectivity index (χ1) is 16.3. The molecular weight excluding hydrogens is 456 g/mol. The third kappa shape index (κ3) is 5.09. The molecule has 0 fully saturated rings. The Morgan fingerprint density at radius 3 is 2.41 bits per heavy atom. The molecule has 9 heteroatoms. The van der Waals surface area contributed by atoms with Gasteiger partial charge in [-0.1, -0.05) is 12.1 Å². The minimum Gasteiger partial charge on any atom is -0.497 e. The number of benzene rings is 3. The van der Waals surface area contributed by atoms with Crippen LogP contribution in [0, 0.1) is 6.92 Å². The Hall–Kier alpha value is -3.72. The molecule has 178 valence electrons. The van der Waals surface area contributed by atoms with E-state index in [2.05, 4.69) is 4.72 Å². The number of hydrogen-bond donors (Lipinski definition) is 1. The molecule has 34 heavy (non-hydrogen) atoms. The molecule has 0 saturated heterocycles. The number of amides is 1. The smallest absolute Gasteiger partial charge is 0.262 e.